The molecule has 0 bridgehead atoms. The first-order valence-corrected chi connectivity index (χ1v) is 14.5. The fourth-order valence-corrected chi connectivity index (χ4v) is 5.78. The minimum atomic E-state index is -0.0824. The van der Waals surface area contributed by atoms with Gasteiger partial charge in [-0.25, -0.2) is 0 Å². The molecule has 1 aliphatic rings. The smallest absolute Gasteiger partial charge is 0.127 e. The molecule has 0 saturated carbocycles. The molecule has 0 aliphatic carbocycles. The normalized spacial score (nSPS) is 19.9. The van der Waals surface area contributed by atoms with Crippen LogP contribution >= 0.6 is 0 Å². The lowest BCUT2D eigenvalue weighted by Crippen LogP contribution is -2.37. The van der Waals surface area contributed by atoms with E-state index in [4.69, 9.17) is 4.74 Å². The number of fused-ring (bicyclic) bond motifs is 1. The van der Waals surface area contributed by atoms with Crippen molar-refractivity contribution in [2.24, 2.45) is 23.7 Å². The largest absolute Gasteiger partial charge is 0.507 e. The third-order valence-corrected chi connectivity index (χ3v) is 8.32. The zero-order valence-electron chi connectivity index (χ0n) is 24.2. The van der Waals surface area contributed by atoms with Gasteiger partial charge in [-0.2, -0.15) is 0 Å². The minimum absolute atomic E-state index is 0.0824. The van der Waals surface area contributed by atoms with Crippen LogP contribution in [0.25, 0.3) is 0 Å². The van der Waals surface area contributed by atoms with Gasteiger partial charge in [0.25, 0.3) is 0 Å². The van der Waals surface area contributed by atoms with Crippen LogP contribution in [0, 0.1) is 37.5 Å². The van der Waals surface area contributed by atoms with Crippen molar-refractivity contribution in [3.63, 3.8) is 0 Å². The Morgan fingerprint density at radius 3 is 1.91 bits per heavy atom. The number of phenolic OH excluding ortho intramolecular Hbond substituents is 1. The Morgan fingerprint density at radius 1 is 0.794 bits per heavy atom. The Labute approximate surface area is 212 Å². The van der Waals surface area contributed by atoms with Gasteiger partial charge in [-0.3, -0.25) is 0 Å². The van der Waals surface area contributed by atoms with E-state index in [1.54, 1.807) is 0 Å². The Balaban J connectivity index is 1.83. The first-order chi connectivity index (χ1) is 15.9. The van der Waals surface area contributed by atoms with Crippen molar-refractivity contribution in [1.82, 2.24) is 0 Å². The maximum atomic E-state index is 10.8. The van der Waals surface area contributed by atoms with Crippen molar-refractivity contribution >= 4 is 0 Å². The number of aromatic hydroxyl groups is 1. The van der Waals surface area contributed by atoms with E-state index in [1.165, 1.54) is 56.9 Å². The second-order valence-electron chi connectivity index (χ2n) is 12.9. The highest BCUT2D eigenvalue weighted by atomic mass is 16.5. The van der Waals surface area contributed by atoms with Crippen molar-refractivity contribution in [2.75, 3.05) is 0 Å². The Bertz CT molecular complexity index is 763. The number of ether oxygens (including phenoxy) is 1. The molecule has 0 fully saturated rings. The van der Waals surface area contributed by atoms with E-state index in [9.17, 15) is 5.11 Å². The fourth-order valence-electron chi connectivity index (χ4n) is 5.78. The van der Waals surface area contributed by atoms with Gasteiger partial charge in [0.05, 0.1) is 0 Å². The zero-order chi connectivity index (χ0) is 25.5. The monoisotopic (exact) mass is 472 g/mol. The maximum Gasteiger partial charge on any atom is 0.127 e. The molecule has 34 heavy (non-hydrogen) atoms. The molecule has 0 unspecified atom stereocenters. The quantitative estimate of drug-likeness (QED) is 0.292. The average Bonchev–Trinajstić information content (AvgIpc) is 2.75. The van der Waals surface area contributed by atoms with Crippen LogP contribution in [0.15, 0.2) is 0 Å². The lowest BCUT2D eigenvalue weighted by atomic mass is 9.82. The van der Waals surface area contributed by atoms with Crippen LogP contribution in [-0.2, 0) is 12.8 Å². The van der Waals surface area contributed by atoms with Crippen molar-refractivity contribution in [3.8, 4) is 11.5 Å². The molecule has 0 amide bonds. The van der Waals surface area contributed by atoms with E-state index in [1.807, 2.05) is 6.92 Å². The molecule has 0 saturated heterocycles. The number of benzene rings is 1. The third-order valence-electron chi connectivity index (χ3n) is 8.32. The van der Waals surface area contributed by atoms with E-state index in [-0.39, 0.29) is 5.60 Å². The first kappa shape index (κ1) is 29.1. The molecule has 0 aromatic heterocycles. The molecule has 0 radical (unpaired) electrons. The maximum absolute atomic E-state index is 10.8. The van der Waals surface area contributed by atoms with E-state index >= 15 is 0 Å². The molecule has 1 N–H and O–H groups in total. The van der Waals surface area contributed by atoms with Gasteiger partial charge in [0.15, 0.2) is 0 Å². The van der Waals surface area contributed by atoms with Crippen LogP contribution in [0.3, 0.4) is 0 Å². The summed E-state index contributed by atoms with van der Waals surface area (Å²) in [5.41, 5.74) is 4.43. The molecular weight excluding hydrogens is 416 g/mol. The summed E-state index contributed by atoms with van der Waals surface area (Å²) >= 11 is 0. The summed E-state index contributed by atoms with van der Waals surface area (Å²) in [6.07, 6.45) is 15.0. The van der Waals surface area contributed by atoms with Crippen LogP contribution in [0.5, 0.6) is 11.5 Å². The van der Waals surface area contributed by atoms with Crippen molar-refractivity contribution in [1.29, 1.82) is 0 Å². The van der Waals surface area contributed by atoms with Crippen LogP contribution in [0.2, 0.25) is 0 Å². The van der Waals surface area contributed by atoms with Crippen molar-refractivity contribution < 1.29 is 9.84 Å². The topological polar surface area (TPSA) is 29.5 Å². The predicted molar refractivity (Wildman–Crippen MR) is 148 cm³/mol. The highest BCUT2D eigenvalue weighted by molar-refractivity contribution is 5.59. The van der Waals surface area contributed by atoms with Gasteiger partial charge >= 0.3 is 0 Å². The van der Waals surface area contributed by atoms with Gasteiger partial charge in [-0.15, -0.1) is 0 Å². The fraction of sp³-hybridized carbons (Fsp3) is 0.812. The highest BCUT2D eigenvalue weighted by Gasteiger charge is 2.35. The van der Waals surface area contributed by atoms with E-state index in [2.05, 4.69) is 55.4 Å². The van der Waals surface area contributed by atoms with Gasteiger partial charge in [-0.05, 0) is 87.7 Å². The second-order valence-corrected chi connectivity index (χ2v) is 12.9. The van der Waals surface area contributed by atoms with Crippen LogP contribution < -0.4 is 4.74 Å². The first-order valence-electron chi connectivity index (χ1n) is 14.5. The molecule has 2 rings (SSSR count). The molecular formula is C32H56O2. The standard InChI is InChI=1S/C32H56O2/c1-22(2)13-10-14-24(5)15-11-16-25(6)17-12-19-32(9)20-18-28-29(21-23(3)4)30(33)26(7)27(8)31(28)34-32/h22-25,33H,10-21H2,1-9H3/t24-,25-,32-/m1/s1. The van der Waals surface area contributed by atoms with E-state index in [0.717, 1.165) is 65.9 Å². The SMILES string of the molecule is Cc1c(C)c2c(c(CC(C)C)c1O)CC[C@@](C)(CCC[C@H](C)CCC[C@H](C)CCCC(C)C)O2. The number of hydrogen-bond acceptors (Lipinski definition) is 2. The predicted octanol–water partition coefficient (Wildman–Crippen LogP) is 9.73. The molecule has 1 aromatic carbocycles. The second kappa shape index (κ2) is 13.2. The summed E-state index contributed by atoms with van der Waals surface area (Å²) < 4.78 is 6.75. The summed E-state index contributed by atoms with van der Waals surface area (Å²) in [5.74, 6) is 4.63. The van der Waals surface area contributed by atoms with Gasteiger partial charge in [0.1, 0.15) is 17.1 Å². The highest BCUT2D eigenvalue weighted by Crippen LogP contribution is 2.45. The molecule has 1 heterocycles. The van der Waals surface area contributed by atoms with Gasteiger partial charge < -0.3 is 9.84 Å². The van der Waals surface area contributed by atoms with E-state index < -0.39 is 0 Å². The summed E-state index contributed by atoms with van der Waals surface area (Å²) in [7, 11) is 0. The van der Waals surface area contributed by atoms with Crippen LogP contribution in [0.4, 0.5) is 0 Å². The van der Waals surface area contributed by atoms with Gasteiger partial charge in [-0.1, -0.05) is 86.5 Å². The number of rotatable bonds is 14. The van der Waals surface area contributed by atoms with Crippen molar-refractivity contribution in [3.05, 3.63) is 22.3 Å². The molecule has 0 spiro atoms. The summed E-state index contributed by atoms with van der Waals surface area (Å²) in [6, 6.07) is 0. The zero-order valence-corrected chi connectivity index (χ0v) is 24.2. The molecule has 2 nitrogen and oxygen atoms in total. The minimum Gasteiger partial charge on any atom is -0.507 e. The Hall–Kier alpha value is -1.18. The summed E-state index contributed by atoms with van der Waals surface area (Å²) in [4.78, 5) is 0. The van der Waals surface area contributed by atoms with Gasteiger partial charge in [0, 0.05) is 11.1 Å². The number of phenols is 1. The Kier molecular flexibility index (Phi) is 11.3. The summed E-state index contributed by atoms with van der Waals surface area (Å²) in [6.45, 7) is 20.5. The molecule has 2 heteroatoms. The average molecular weight is 473 g/mol. The van der Waals surface area contributed by atoms with Crippen molar-refractivity contribution in [2.45, 2.75) is 145 Å². The molecule has 1 aromatic rings. The third kappa shape index (κ3) is 8.49. The van der Waals surface area contributed by atoms with Gasteiger partial charge in [0.2, 0.25) is 0 Å². The summed E-state index contributed by atoms with van der Waals surface area (Å²) in [5, 5.41) is 10.8. The van der Waals surface area contributed by atoms with E-state index in [0.29, 0.717) is 11.7 Å². The lowest BCUT2D eigenvalue weighted by molar-refractivity contribution is 0.0510. The molecule has 3 atom stereocenters. The van der Waals surface area contributed by atoms with Crippen LogP contribution in [0.1, 0.15) is 135 Å². The Morgan fingerprint density at radius 2 is 1.35 bits per heavy atom. The molecule has 1 aliphatic heterocycles. The lowest BCUT2D eigenvalue weighted by Gasteiger charge is -2.38. The van der Waals surface area contributed by atoms with Crippen LogP contribution in [-0.4, -0.2) is 10.7 Å². The number of hydrogen-bond donors (Lipinski definition) is 1. The molecule has 196 valence electrons.